The zero-order chi connectivity index (χ0) is 17.2. The van der Waals surface area contributed by atoms with Crippen LogP contribution < -0.4 is 14.8 Å². The van der Waals surface area contributed by atoms with Gasteiger partial charge in [-0.25, -0.2) is 0 Å². The van der Waals surface area contributed by atoms with E-state index in [2.05, 4.69) is 12.2 Å². The fourth-order valence-electron chi connectivity index (χ4n) is 2.00. The van der Waals surface area contributed by atoms with Crippen molar-refractivity contribution in [3.63, 3.8) is 0 Å². The number of hydrogen-bond acceptors (Lipinski definition) is 4. The zero-order valence-electron chi connectivity index (χ0n) is 14.1. The summed E-state index contributed by atoms with van der Waals surface area (Å²) in [6, 6.07) is 14.3. The highest BCUT2D eigenvalue weighted by molar-refractivity contribution is 6.04. The average Bonchev–Trinajstić information content (AvgIpc) is 2.62. The van der Waals surface area contributed by atoms with Crippen molar-refractivity contribution in [2.24, 2.45) is 0 Å². The molecule has 0 saturated carbocycles. The molecule has 0 unspecified atom stereocenters. The minimum atomic E-state index is -0.166. The van der Waals surface area contributed by atoms with Crippen LogP contribution in [0.2, 0.25) is 0 Å². The van der Waals surface area contributed by atoms with Gasteiger partial charge in [0.25, 0.3) is 5.91 Å². The molecule has 0 spiro atoms. The van der Waals surface area contributed by atoms with Gasteiger partial charge in [-0.1, -0.05) is 6.92 Å². The van der Waals surface area contributed by atoms with Crippen LogP contribution in [-0.4, -0.2) is 32.8 Å². The minimum Gasteiger partial charge on any atom is -0.494 e. The molecule has 1 N–H and O–H groups in total. The molecule has 24 heavy (non-hydrogen) atoms. The molecule has 0 bridgehead atoms. The predicted molar refractivity (Wildman–Crippen MR) is 94.0 cm³/mol. The quantitative estimate of drug-likeness (QED) is 0.712. The molecule has 2 aromatic rings. The molecule has 0 radical (unpaired) electrons. The van der Waals surface area contributed by atoms with Crippen LogP contribution >= 0.6 is 0 Å². The number of benzene rings is 2. The van der Waals surface area contributed by atoms with Crippen LogP contribution in [0.15, 0.2) is 48.5 Å². The van der Waals surface area contributed by atoms with Crippen molar-refractivity contribution in [3.05, 3.63) is 54.1 Å². The average molecular weight is 329 g/mol. The Kier molecular flexibility index (Phi) is 7.11. The number of ether oxygens (including phenoxy) is 3. The van der Waals surface area contributed by atoms with Gasteiger partial charge in [0.05, 0.1) is 13.2 Å². The van der Waals surface area contributed by atoms with E-state index in [0.29, 0.717) is 31.1 Å². The predicted octanol–water partition coefficient (Wildman–Crippen LogP) is 3.75. The molecule has 5 heteroatoms. The SMILES string of the molecule is CCCOc1ccc(NC(=O)c2ccc(OCCOC)cc2)cc1. The van der Waals surface area contributed by atoms with Crippen LogP contribution in [0.25, 0.3) is 0 Å². The highest BCUT2D eigenvalue weighted by atomic mass is 16.5. The first-order valence-corrected chi connectivity index (χ1v) is 7.99. The lowest BCUT2D eigenvalue weighted by Gasteiger charge is -2.09. The molecule has 0 aliphatic heterocycles. The van der Waals surface area contributed by atoms with Gasteiger partial charge in [-0.05, 0) is 55.0 Å². The van der Waals surface area contributed by atoms with Crippen molar-refractivity contribution in [1.82, 2.24) is 0 Å². The van der Waals surface area contributed by atoms with E-state index in [1.807, 2.05) is 24.3 Å². The first-order chi connectivity index (χ1) is 11.7. The Morgan fingerprint density at radius 2 is 1.46 bits per heavy atom. The van der Waals surface area contributed by atoms with E-state index in [4.69, 9.17) is 14.2 Å². The lowest BCUT2D eigenvalue weighted by Crippen LogP contribution is -2.12. The van der Waals surface area contributed by atoms with Gasteiger partial charge in [0, 0.05) is 18.4 Å². The number of methoxy groups -OCH3 is 1. The molecule has 128 valence electrons. The van der Waals surface area contributed by atoms with Crippen molar-refractivity contribution < 1.29 is 19.0 Å². The summed E-state index contributed by atoms with van der Waals surface area (Å²) in [7, 11) is 1.62. The van der Waals surface area contributed by atoms with Crippen molar-refractivity contribution >= 4 is 11.6 Å². The van der Waals surface area contributed by atoms with Gasteiger partial charge in [-0.2, -0.15) is 0 Å². The summed E-state index contributed by atoms with van der Waals surface area (Å²) in [5, 5.41) is 2.86. The van der Waals surface area contributed by atoms with E-state index in [0.717, 1.165) is 17.9 Å². The van der Waals surface area contributed by atoms with Crippen LogP contribution in [0.4, 0.5) is 5.69 Å². The van der Waals surface area contributed by atoms with E-state index in [-0.39, 0.29) is 5.91 Å². The number of anilines is 1. The van der Waals surface area contributed by atoms with Crippen LogP contribution in [0.3, 0.4) is 0 Å². The Labute approximate surface area is 142 Å². The molecule has 0 heterocycles. The first-order valence-electron chi connectivity index (χ1n) is 7.99. The Morgan fingerprint density at radius 3 is 2.04 bits per heavy atom. The van der Waals surface area contributed by atoms with E-state index < -0.39 is 0 Å². The van der Waals surface area contributed by atoms with Gasteiger partial charge in [-0.3, -0.25) is 4.79 Å². The van der Waals surface area contributed by atoms with Crippen molar-refractivity contribution in [2.75, 3.05) is 32.2 Å². The van der Waals surface area contributed by atoms with Gasteiger partial charge in [0.1, 0.15) is 18.1 Å². The summed E-state index contributed by atoms with van der Waals surface area (Å²) >= 11 is 0. The van der Waals surface area contributed by atoms with E-state index in [1.54, 1.807) is 31.4 Å². The van der Waals surface area contributed by atoms with E-state index in [9.17, 15) is 4.79 Å². The summed E-state index contributed by atoms with van der Waals surface area (Å²) in [4.78, 5) is 12.2. The minimum absolute atomic E-state index is 0.166. The summed E-state index contributed by atoms with van der Waals surface area (Å²) < 4.78 is 15.9. The Morgan fingerprint density at radius 1 is 0.875 bits per heavy atom. The fourth-order valence-corrected chi connectivity index (χ4v) is 2.00. The largest absolute Gasteiger partial charge is 0.494 e. The lowest BCUT2D eigenvalue weighted by molar-refractivity contribution is 0.102. The molecular weight excluding hydrogens is 306 g/mol. The first kappa shape index (κ1) is 17.8. The molecule has 0 fully saturated rings. The van der Waals surface area contributed by atoms with Gasteiger partial charge in [0.2, 0.25) is 0 Å². The topological polar surface area (TPSA) is 56.8 Å². The summed E-state index contributed by atoms with van der Waals surface area (Å²) in [5.41, 5.74) is 1.30. The molecule has 0 aliphatic carbocycles. The van der Waals surface area contributed by atoms with Crippen molar-refractivity contribution in [3.8, 4) is 11.5 Å². The maximum absolute atomic E-state index is 12.2. The Hall–Kier alpha value is -2.53. The zero-order valence-corrected chi connectivity index (χ0v) is 14.1. The van der Waals surface area contributed by atoms with Gasteiger partial charge < -0.3 is 19.5 Å². The second-order valence-electron chi connectivity index (χ2n) is 5.19. The highest BCUT2D eigenvalue weighted by Gasteiger charge is 2.06. The smallest absolute Gasteiger partial charge is 0.255 e. The maximum atomic E-state index is 12.2. The van der Waals surface area contributed by atoms with Crippen LogP contribution in [0.1, 0.15) is 23.7 Å². The van der Waals surface area contributed by atoms with Crippen LogP contribution in [-0.2, 0) is 4.74 Å². The molecule has 0 saturated heterocycles. The second kappa shape index (κ2) is 9.57. The number of rotatable bonds is 9. The second-order valence-corrected chi connectivity index (χ2v) is 5.19. The lowest BCUT2D eigenvalue weighted by atomic mass is 10.2. The third kappa shape index (κ3) is 5.59. The number of carbonyl (C=O) groups is 1. The van der Waals surface area contributed by atoms with Gasteiger partial charge >= 0.3 is 0 Å². The molecule has 2 rings (SSSR count). The fraction of sp³-hybridized carbons (Fsp3) is 0.316. The molecule has 2 aromatic carbocycles. The Bertz CT molecular complexity index is 623. The molecule has 5 nitrogen and oxygen atoms in total. The molecular formula is C19H23NO4. The number of carbonyl (C=O) groups excluding carboxylic acids is 1. The maximum Gasteiger partial charge on any atom is 0.255 e. The molecule has 1 amide bonds. The normalized spacial score (nSPS) is 10.2. The van der Waals surface area contributed by atoms with Gasteiger partial charge in [0.15, 0.2) is 0 Å². The molecule has 0 aromatic heterocycles. The van der Waals surface area contributed by atoms with Crippen molar-refractivity contribution in [1.29, 1.82) is 0 Å². The third-order valence-corrected chi connectivity index (χ3v) is 3.26. The molecule has 0 atom stereocenters. The highest BCUT2D eigenvalue weighted by Crippen LogP contribution is 2.18. The van der Waals surface area contributed by atoms with E-state index >= 15 is 0 Å². The Balaban J connectivity index is 1.89. The molecule has 0 aliphatic rings. The van der Waals surface area contributed by atoms with Gasteiger partial charge in [-0.15, -0.1) is 0 Å². The monoisotopic (exact) mass is 329 g/mol. The standard InChI is InChI=1S/C19H23NO4/c1-3-12-23-18-10-6-16(7-11-18)20-19(21)15-4-8-17(9-5-15)24-14-13-22-2/h4-11H,3,12-14H2,1-2H3,(H,20,21). The number of hydrogen-bond donors (Lipinski definition) is 1. The summed E-state index contributed by atoms with van der Waals surface area (Å²) in [6.45, 7) is 3.75. The van der Waals surface area contributed by atoms with E-state index in [1.165, 1.54) is 0 Å². The van der Waals surface area contributed by atoms with Crippen molar-refractivity contribution in [2.45, 2.75) is 13.3 Å². The number of amides is 1. The van der Waals surface area contributed by atoms with Crippen LogP contribution in [0, 0.1) is 0 Å². The number of nitrogens with one attached hydrogen (secondary N) is 1. The van der Waals surface area contributed by atoms with Crippen LogP contribution in [0.5, 0.6) is 11.5 Å². The third-order valence-electron chi connectivity index (χ3n) is 3.26. The summed E-state index contributed by atoms with van der Waals surface area (Å²) in [5.74, 6) is 1.34. The summed E-state index contributed by atoms with van der Waals surface area (Å²) in [6.07, 6.45) is 0.962.